The van der Waals surface area contributed by atoms with E-state index in [1.807, 2.05) is 0 Å². The molecule has 0 saturated carbocycles. The van der Waals surface area contributed by atoms with E-state index >= 15 is 0 Å². The molecule has 0 aromatic rings. The van der Waals surface area contributed by atoms with E-state index in [1.165, 1.54) is 0 Å². The largest absolute Gasteiger partial charge is 0.382 e. The number of halogens is 1. The summed E-state index contributed by atoms with van der Waals surface area (Å²) in [6, 6.07) is 0. The standard InChI is InChI=1S/C10H21ClO/c1-5-10(6-2,8-11)7-9(3)12-4/h9H,5-8H2,1-4H3. The molecule has 2 heteroatoms. The van der Waals surface area contributed by atoms with E-state index in [9.17, 15) is 0 Å². The van der Waals surface area contributed by atoms with Crippen LogP contribution in [-0.2, 0) is 4.74 Å². The van der Waals surface area contributed by atoms with Gasteiger partial charge in [-0.3, -0.25) is 0 Å². The Bertz CT molecular complexity index is 102. The molecule has 0 spiro atoms. The van der Waals surface area contributed by atoms with Crippen molar-refractivity contribution in [2.45, 2.75) is 46.1 Å². The third kappa shape index (κ3) is 3.32. The molecule has 0 rings (SSSR count). The Morgan fingerprint density at radius 3 is 2.08 bits per heavy atom. The average Bonchev–Trinajstić information content (AvgIpc) is 2.14. The summed E-state index contributed by atoms with van der Waals surface area (Å²) >= 11 is 5.97. The zero-order chi connectivity index (χ0) is 9.61. The van der Waals surface area contributed by atoms with Gasteiger partial charge in [0.2, 0.25) is 0 Å². The van der Waals surface area contributed by atoms with E-state index in [2.05, 4.69) is 20.8 Å². The summed E-state index contributed by atoms with van der Waals surface area (Å²) in [4.78, 5) is 0. The first-order chi connectivity index (χ1) is 5.64. The molecular formula is C10H21ClO. The van der Waals surface area contributed by atoms with Gasteiger partial charge in [-0.2, -0.15) is 0 Å². The number of methoxy groups -OCH3 is 1. The fraction of sp³-hybridized carbons (Fsp3) is 1.00. The summed E-state index contributed by atoms with van der Waals surface area (Å²) in [6.45, 7) is 6.51. The van der Waals surface area contributed by atoms with E-state index in [1.54, 1.807) is 7.11 Å². The Labute approximate surface area is 81.4 Å². The summed E-state index contributed by atoms with van der Waals surface area (Å²) in [6.07, 6.45) is 3.67. The molecule has 0 bridgehead atoms. The summed E-state index contributed by atoms with van der Waals surface area (Å²) in [5.41, 5.74) is 0.289. The molecule has 0 saturated heterocycles. The molecule has 0 aliphatic rings. The van der Waals surface area contributed by atoms with Crippen molar-refractivity contribution in [1.82, 2.24) is 0 Å². The first-order valence-electron chi connectivity index (χ1n) is 4.73. The number of ether oxygens (including phenoxy) is 1. The minimum atomic E-state index is 0.289. The van der Waals surface area contributed by atoms with Gasteiger partial charge in [0.05, 0.1) is 6.10 Å². The summed E-state index contributed by atoms with van der Waals surface area (Å²) in [7, 11) is 1.76. The predicted octanol–water partition coefficient (Wildman–Crippen LogP) is 3.46. The van der Waals surface area contributed by atoms with Gasteiger partial charge in [0, 0.05) is 13.0 Å². The van der Waals surface area contributed by atoms with Crippen molar-refractivity contribution in [1.29, 1.82) is 0 Å². The van der Waals surface area contributed by atoms with Crippen LogP contribution in [-0.4, -0.2) is 19.1 Å². The number of hydrogen-bond acceptors (Lipinski definition) is 1. The first kappa shape index (κ1) is 12.2. The molecule has 0 heterocycles. The summed E-state index contributed by atoms with van der Waals surface area (Å²) in [5, 5.41) is 0. The van der Waals surface area contributed by atoms with Gasteiger partial charge in [0.25, 0.3) is 0 Å². The fourth-order valence-electron chi connectivity index (χ4n) is 1.48. The molecular weight excluding hydrogens is 172 g/mol. The molecule has 0 N–H and O–H groups in total. The molecule has 0 aliphatic carbocycles. The van der Waals surface area contributed by atoms with Crippen molar-refractivity contribution in [3.8, 4) is 0 Å². The maximum atomic E-state index is 5.97. The quantitative estimate of drug-likeness (QED) is 0.586. The topological polar surface area (TPSA) is 9.23 Å². The molecule has 74 valence electrons. The van der Waals surface area contributed by atoms with E-state index < -0.39 is 0 Å². The summed E-state index contributed by atoms with van der Waals surface area (Å²) in [5.74, 6) is 0.744. The van der Waals surface area contributed by atoms with E-state index in [4.69, 9.17) is 16.3 Å². The molecule has 1 unspecified atom stereocenters. The lowest BCUT2D eigenvalue weighted by atomic mass is 9.79. The molecule has 0 aliphatic heterocycles. The van der Waals surface area contributed by atoms with E-state index in [0.29, 0.717) is 6.10 Å². The minimum Gasteiger partial charge on any atom is -0.382 e. The maximum Gasteiger partial charge on any atom is 0.0548 e. The van der Waals surface area contributed by atoms with Gasteiger partial charge in [-0.25, -0.2) is 0 Å². The second-order valence-electron chi connectivity index (χ2n) is 3.59. The van der Waals surface area contributed by atoms with Gasteiger partial charge >= 0.3 is 0 Å². The lowest BCUT2D eigenvalue weighted by Crippen LogP contribution is -2.26. The first-order valence-corrected chi connectivity index (χ1v) is 5.26. The zero-order valence-corrected chi connectivity index (χ0v) is 9.45. The van der Waals surface area contributed by atoms with Crippen LogP contribution in [0.3, 0.4) is 0 Å². The molecule has 1 nitrogen and oxygen atoms in total. The molecule has 0 aromatic heterocycles. The van der Waals surface area contributed by atoms with Gasteiger partial charge < -0.3 is 4.74 Å². The van der Waals surface area contributed by atoms with Crippen molar-refractivity contribution in [2.24, 2.45) is 5.41 Å². The van der Waals surface area contributed by atoms with Gasteiger partial charge in [-0.05, 0) is 31.6 Å². The Morgan fingerprint density at radius 2 is 1.83 bits per heavy atom. The predicted molar refractivity (Wildman–Crippen MR) is 54.8 cm³/mol. The second-order valence-corrected chi connectivity index (χ2v) is 3.86. The highest BCUT2D eigenvalue weighted by Gasteiger charge is 2.27. The van der Waals surface area contributed by atoms with Crippen LogP contribution in [0.15, 0.2) is 0 Å². The van der Waals surface area contributed by atoms with Crippen molar-refractivity contribution < 1.29 is 4.74 Å². The Balaban J connectivity index is 4.09. The van der Waals surface area contributed by atoms with Crippen molar-refractivity contribution in [3.63, 3.8) is 0 Å². The monoisotopic (exact) mass is 192 g/mol. The SMILES string of the molecule is CCC(CC)(CCl)CC(C)OC. The van der Waals surface area contributed by atoms with Gasteiger partial charge in [-0.1, -0.05) is 13.8 Å². The van der Waals surface area contributed by atoms with Crippen molar-refractivity contribution in [2.75, 3.05) is 13.0 Å². The number of hydrogen-bond donors (Lipinski definition) is 0. The van der Waals surface area contributed by atoms with Crippen LogP contribution in [0.4, 0.5) is 0 Å². The Kier molecular flexibility index (Phi) is 5.94. The number of alkyl halides is 1. The van der Waals surface area contributed by atoms with Crippen LogP contribution in [0.2, 0.25) is 0 Å². The van der Waals surface area contributed by atoms with Gasteiger partial charge in [0.15, 0.2) is 0 Å². The second kappa shape index (κ2) is 5.82. The van der Waals surface area contributed by atoms with Crippen molar-refractivity contribution in [3.05, 3.63) is 0 Å². The van der Waals surface area contributed by atoms with Crippen molar-refractivity contribution >= 4 is 11.6 Å². The lowest BCUT2D eigenvalue weighted by Gasteiger charge is -2.31. The van der Waals surface area contributed by atoms with E-state index in [0.717, 1.165) is 25.1 Å². The highest BCUT2D eigenvalue weighted by molar-refractivity contribution is 6.18. The number of rotatable bonds is 6. The molecule has 0 radical (unpaired) electrons. The molecule has 0 amide bonds. The Hall–Kier alpha value is 0.250. The highest BCUT2D eigenvalue weighted by Crippen LogP contribution is 2.33. The lowest BCUT2D eigenvalue weighted by molar-refractivity contribution is 0.0678. The summed E-state index contributed by atoms with van der Waals surface area (Å²) < 4.78 is 5.25. The van der Waals surface area contributed by atoms with E-state index in [-0.39, 0.29) is 5.41 Å². The van der Waals surface area contributed by atoms with Gasteiger partial charge in [-0.15, -0.1) is 11.6 Å². The van der Waals surface area contributed by atoms with Crippen LogP contribution >= 0.6 is 11.6 Å². The van der Waals surface area contributed by atoms with Crippen LogP contribution < -0.4 is 0 Å². The maximum absolute atomic E-state index is 5.97. The van der Waals surface area contributed by atoms with Crippen LogP contribution in [0.25, 0.3) is 0 Å². The fourth-order valence-corrected chi connectivity index (χ4v) is 1.96. The van der Waals surface area contributed by atoms with Crippen LogP contribution in [0, 0.1) is 5.41 Å². The molecule has 1 atom stereocenters. The van der Waals surface area contributed by atoms with Gasteiger partial charge in [0.1, 0.15) is 0 Å². The third-order valence-corrected chi connectivity index (χ3v) is 3.47. The normalized spacial score (nSPS) is 14.8. The third-order valence-electron chi connectivity index (χ3n) is 2.91. The Morgan fingerprint density at radius 1 is 1.33 bits per heavy atom. The van der Waals surface area contributed by atoms with Crippen LogP contribution in [0.5, 0.6) is 0 Å². The van der Waals surface area contributed by atoms with Crippen LogP contribution in [0.1, 0.15) is 40.0 Å². The highest BCUT2D eigenvalue weighted by atomic mass is 35.5. The molecule has 0 fully saturated rings. The molecule has 0 aromatic carbocycles. The average molecular weight is 193 g/mol. The minimum absolute atomic E-state index is 0.289. The zero-order valence-electron chi connectivity index (χ0n) is 8.69. The molecule has 12 heavy (non-hydrogen) atoms. The smallest absolute Gasteiger partial charge is 0.0548 e.